The summed E-state index contributed by atoms with van der Waals surface area (Å²) in [5.74, 6) is -0.372. The van der Waals surface area contributed by atoms with Gasteiger partial charge in [0, 0.05) is 43.4 Å². The lowest BCUT2D eigenvalue weighted by Gasteiger charge is -2.27. The SMILES string of the molecule is CN(Cc1ccccc1F)C(=O)c1ccc(N2CCCCC2=O)cc1. The molecule has 5 heteroatoms. The summed E-state index contributed by atoms with van der Waals surface area (Å²) in [5, 5.41) is 0. The van der Waals surface area contributed by atoms with Crippen LogP contribution in [0, 0.1) is 5.82 Å². The Hall–Kier alpha value is -2.69. The topological polar surface area (TPSA) is 40.6 Å². The molecule has 2 aromatic carbocycles. The highest BCUT2D eigenvalue weighted by Gasteiger charge is 2.20. The second-order valence-corrected chi connectivity index (χ2v) is 6.30. The standard InChI is InChI=1S/C20H21FN2O2/c1-22(14-16-6-2-3-7-18(16)21)20(25)15-9-11-17(12-10-15)23-13-5-4-8-19(23)24/h2-3,6-7,9-12H,4-5,8,13-14H2,1H3. The minimum Gasteiger partial charge on any atom is -0.337 e. The maximum absolute atomic E-state index is 13.7. The van der Waals surface area contributed by atoms with Gasteiger partial charge in [-0.05, 0) is 43.2 Å². The van der Waals surface area contributed by atoms with Gasteiger partial charge in [-0.15, -0.1) is 0 Å². The quantitative estimate of drug-likeness (QED) is 0.853. The van der Waals surface area contributed by atoms with E-state index >= 15 is 0 Å². The van der Waals surface area contributed by atoms with Crippen LogP contribution in [0.3, 0.4) is 0 Å². The summed E-state index contributed by atoms with van der Waals surface area (Å²) in [6.45, 7) is 0.928. The zero-order chi connectivity index (χ0) is 17.8. The van der Waals surface area contributed by atoms with Gasteiger partial charge in [0.25, 0.3) is 5.91 Å². The van der Waals surface area contributed by atoms with Crippen molar-refractivity contribution in [3.8, 4) is 0 Å². The summed E-state index contributed by atoms with van der Waals surface area (Å²) in [6.07, 6.45) is 2.51. The van der Waals surface area contributed by atoms with Crippen LogP contribution in [0.4, 0.5) is 10.1 Å². The Morgan fingerprint density at radius 2 is 1.84 bits per heavy atom. The highest BCUT2D eigenvalue weighted by molar-refractivity contribution is 5.96. The van der Waals surface area contributed by atoms with Crippen LogP contribution in [0.15, 0.2) is 48.5 Å². The van der Waals surface area contributed by atoms with E-state index in [2.05, 4.69) is 0 Å². The molecule has 0 radical (unpaired) electrons. The Balaban J connectivity index is 1.70. The number of nitrogens with zero attached hydrogens (tertiary/aromatic N) is 2. The van der Waals surface area contributed by atoms with Crippen LogP contribution in [0.5, 0.6) is 0 Å². The molecule has 0 spiro atoms. The van der Waals surface area contributed by atoms with Crippen molar-refractivity contribution in [2.75, 3.05) is 18.5 Å². The van der Waals surface area contributed by atoms with E-state index in [1.54, 1.807) is 54.4 Å². The highest BCUT2D eigenvalue weighted by Crippen LogP contribution is 2.22. The molecule has 0 aliphatic carbocycles. The van der Waals surface area contributed by atoms with E-state index in [0.29, 0.717) is 17.5 Å². The number of anilines is 1. The zero-order valence-corrected chi connectivity index (χ0v) is 14.2. The van der Waals surface area contributed by atoms with E-state index in [1.807, 2.05) is 0 Å². The number of benzene rings is 2. The molecule has 0 aromatic heterocycles. The van der Waals surface area contributed by atoms with Gasteiger partial charge in [-0.3, -0.25) is 9.59 Å². The van der Waals surface area contributed by atoms with Gasteiger partial charge in [0.05, 0.1) is 0 Å². The molecular weight excluding hydrogens is 319 g/mol. The minimum absolute atomic E-state index is 0.127. The van der Waals surface area contributed by atoms with E-state index in [4.69, 9.17) is 0 Å². The summed E-state index contributed by atoms with van der Waals surface area (Å²) in [6, 6.07) is 13.5. The van der Waals surface area contributed by atoms with Crippen LogP contribution in [0.25, 0.3) is 0 Å². The molecule has 1 aliphatic rings. The van der Waals surface area contributed by atoms with Crippen LogP contribution in [0.2, 0.25) is 0 Å². The fraction of sp³-hybridized carbons (Fsp3) is 0.300. The van der Waals surface area contributed by atoms with Gasteiger partial charge in [0.15, 0.2) is 0 Å². The number of carbonyl (C=O) groups excluding carboxylic acids is 2. The van der Waals surface area contributed by atoms with Crippen molar-refractivity contribution in [3.63, 3.8) is 0 Å². The molecule has 0 atom stereocenters. The fourth-order valence-electron chi connectivity index (χ4n) is 3.04. The summed E-state index contributed by atoms with van der Waals surface area (Å²) in [5.41, 5.74) is 1.82. The third kappa shape index (κ3) is 3.87. The number of hydrogen-bond acceptors (Lipinski definition) is 2. The Bertz CT molecular complexity index is 774. The zero-order valence-electron chi connectivity index (χ0n) is 14.2. The van der Waals surface area contributed by atoms with Crippen molar-refractivity contribution < 1.29 is 14.0 Å². The molecule has 1 heterocycles. The fourth-order valence-corrected chi connectivity index (χ4v) is 3.04. The molecule has 25 heavy (non-hydrogen) atoms. The lowest BCUT2D eigenvalue weighted by Crippen LogP contribution is -2.35. The van der Waals surface area contributed by atoms with Crippen molar-refractivity contribution in [3.05, 3.63) is 65.5 Å². The molecule has 0 bridgehead atoms. The molecule has 2 amide bonds. The Labute approximate surface area is 146 Å². The monoisotopic (exact) mass is 340 g/mol. The van der Waals surface area contributed by atoms with E-state index < -0.39 is 0 Å². The minimum atomic E-state index is -0.318. The highest BCUT2D eigenvalue weighted by atomic mass is 19.1. The average molecular weight is 340 g/mol. The lowest BCUT2D eigenvalue weighted by molar-refractivity contribution is -0.119. The number of piperidine rings is 1. The van der Waals surface area contributed by atoms with Crippen molar-refractivity contribution in [2.45, 2.75) is 25.8 Å². The van der Waals surface area contributed by atoms with Crippen LogP contribution in [-0.4, -0.2) is 30.3 Å². The van der Waals surface area contributed by atoms with Gasteiger partial charge in [0.1, 0.15) is 5.82 Å². The molecule has 3 rings (SSSR count). The van der Waals surface area contributed by atoms with Crippen molar-refractivity contribution in [1.82, 2.24) is 4.90 Å². The first-order valence-corrected chi connectivity index (χ1v) is 8.45. The van der Waals surface area contributed by atoms with Gasteiger partial charge in [-0.25, -0.2) is 4.39 Å². The van der Waals surface area contributed by atoms with Gasteiger partial charge in [-0.1, -0.05) is 18.2 Å². The molecule has 0 N–H and O–H groups in total. The summed E-state index contributed by atoms with van der Waals surface area (Å²) >= 11 is 0. The summed E-state index contributed by atoms with van der Waals surface area (Å²) in [4.78, 5) is 27.8. The predicted octanol–water partition coefficient (Wildman–Crippen LogP) is 3.61. The van der Waals surface area contributed by atoms with Crippen LogP contribution >= 0.6 is 0 Å². The van der Waals surface area contributed by atoms with E-state index in [1.165, 1.54) is 11.0 Å². The molecular formula is C20H21FN2O2. The number of rotatable bonds is 4. The third-order valence-electron chi connectivity index (χ3n) is 4.46. The van der Waals surface area contributed by atoms with Crippen molar-refractivity contribution >= 4 is 17.5 Å². The molecule has 1 fully saturated rings. The first-order valence-electron chi connectivity index (χ1n) is 8.45. The number of halogens is 1. The van der Waals surface area contributed by atoms with Gasteiger partial charge >= 0.3 is 0 Å². The van der Waals surface area contributed by atoms with Crippen LogP contribution < -0.4 is 4.90 Å². The Morgan fingerprint density at radius 1 is 1.12 bits per heavy atom. The first-order chi connectivity index (χ1) is 12.1. The Kier molecular flexibility index (Phi) is 5.12. The maximum Gasteiger partial charge on any atom is 0.253 e. The van der Waals surface area contributed by atoms with Crippen LogP contribution in [0.1, 0.15) is 35.2 Å². The molecule has 4 nitrogen and oxygen atoms in total. The molecule has 0 unspecified atom stereocenters. The molecule has 0 saturated carbocycles. The van der Waals surface area contributed by atoms with E-state index in [-0.39, 0.29) is 24.2 Å². The Morgan fingerprint density at radius 3 is 2.52 bits per heavy atom. The maximum atomic E-state index is 13.7. The lowest BCUT2D eigenvalue weighted by atomic mass is 10.1. The smallest absolute Gasteiger partial charge is 0.253 e. The molecule has 1 saturated heterocycles. The van der Waals surface area contributed by atoms with Crippen LogP contribution in [-0.2, 0) is 11.3 Å². The van der Waals surface area contributed by atoms with E-state index in [9.17, 15) is 14.0 Å². The van der Waals surface area contributed by atoms with E-state index in [0.717, 1.165) is 25.1 Å². The largest absolute Gasteiger partial charge is 0.337 e. The molecule has 1 aliphatic heterocycles. The summed E-state index contributed by atoms with van der Waals surface area (Å²) < 4.78 is 13.7. The third-order valence-corrected chi connectivity index (χ3v) is 4.46. The molecule has 2 aromatic rings. The second kappa shape index (κ2) is 7.47. The normalized spacial score (nSPS) is 14.5. The molecule has 130 valence electrons. The van der Waals surface area contributed by atoms with Gasteiger partial charge in [-0.2, -0.15) is 0 Å². The van der Waals surface area contributed by atoms with Crippen molar-refractivity contribution in [2.24, 2.45) is 0 Å². The second-order valence-electron chi connectivity index (χ2n) is 6.30. The van der Waals surface area contributed by atoms with Gasteiger partial charge in [0.2, 0.25) is 5.91 Å². The number of amides is 2. The number of carbonyl (C=O) groups is 2. The predicted molar refractivity (Wildman–Crippen MR) is 94.8 cm³/mol. The summed E-state index contributed by atoms with van der Waals surface area (Å²) in [7, 11) is 1.65. The first kappa shape index (κ1) is 17.1. The van der Waals surface area contributed by atoms with Crippen molar-refractivity contribution in [1.29, 1.82) is 0 Å². The average Bonchev–Trinajstić information content (AvgIpc) is 2.63. The number of hydrogen-bond donors (Lipinski definition) is 0. The van der Waals surface area contributed by atoms with Gasteiger partial charge < -0.3 is 9.80 Å².